The molecule has 26 heavy (non-hydrogen) atoms. The Labute approximate surface area is 159 Å². The zero-order chi connectivity index (χ0) is 18.8. The maximum atomic E-state index is 12.7. The smallest absolute Gasteiger partial charge is 0.229 e. The van der Waals surface area contributed by atoms with Crippen molar-refractivity contribution in [3.63, 3.8) is 0 Å². The molecule has 1 aliphatic rings. The van der Waals surface area contributed by atoms with Gasteiger partial charge in [0.1, 0.15) is 0 Å². The van der Waals surface area contributed by atoms with E-state index in [4.69, 9.17) is 11.6 Å². The number of amides is 2. The second kappa shape index (κ2) is 7.50. The first-order valence-electron chi connectivity index (χ1n) is 8.83. The summed E-state index contributed by atoms with van der Waals surface area (Å²) in [7, 11) is 0. The van der Waals surface area contributed by atoms with E-state index in [0.717, 1.165) is 22.5 Å². The van der Waals surface area contributed by atoms with Crippen LogP contribution in [0.25, 0.3) is 0 Å². The molecule has 2 aromatic carbocycles. The molecule has 2 amide bonds. The number of rotatable bonds is 4. The number of para-hydroxylation sites is 1. The fourth-order valence-corrected chi connectivity index (χ4v) is 3.52. The van der Waals surface area contributed by atoms with Crippen LogP contribution in [-0.4, -0.2) is 18.4 Å². The van der Waals surface area contributed by atoms with Crippen LogP contribution in [0.4, 0.5) is 11.4 Å². The van der Waals surface area contributed by atoms with E-state index < -0.39 is 0 Å². The minimum atomic E-state index is -0.374. The van der Waals surface area contributed by atoms with E-state index in [1.54, 1.807) is 11.0 Å². The number of hydrogen-bond acceptors (Lipinski definition) is 2. The number of carbonyl (C=O) groups is 2. The largest absolute Gasteiger partial charge is 0.326 e. The average molecular weight is 371 g/mol. The van der Waals surface area contributed by atoms with Gasteiger partial charge in [-0.15, -0.1) is 0 Å². The monoisotopic (exact) mass is 370 g/mol. The van der Waals surface area contributed by atoms with Crippen LogP contribution < -0.4 is 10.2 Å². The van der Waals surface area contributed by atoms with Gasteiger partial charge in [-0.1, -0.05) is 49.7 Å². The predicted molar refractivity (Wildman–Crippen MR) is 106 cm³/mol. The maximum absolute atomic E-state index is 12.7. The van der Waals surface area contributed by atoms with E-state index in [0.29, 0.717) is 17.5 Å². The molecule has 4 nitrogen and oxygen atoms in total. The van der Waals surface area contributed by atoms with Crippen molar-refractivity contribution in [2.75, 3.05) is 16.8 Å². The van der Waals surface area contributed by atoms with Gasteiger partial charge in [0.2, 0.25) is 11.8 Å². The molecule has 1 unspecified atom stereocenters. The van der Waals surface area contributed by atoms with Crippen LogP contribution >= 0.6 is 11.6 Å². The zero-order valence-electron chi connectivity index (χ0n) is 15.3. The molecule has 0 bridgehead atoms. The summed E-state index contributed by atoms with van der Waals surface area (Å²) < 4.78 is 0. The first-order chi connectivity index (χ1) is 12.4. The van der Waals surface area contributed by atoms with Crippen molar-refractivity contribution >= 4 is 34.8 Å². The Hall–Kier alpha value is -2.33. The molecule has 2 aromatic rings. The molecule has 1 fully saturated rings. The zero-order valence-corrected chi connectivity index (χ0v) is 16.0. The van der Waals surface area contributed by atoms with E-state index in [1.807, 2.05) is 43.3 Å². The highest BCUT2D eigenvalue weighted by atomic mass is 35.5. The second-order valence-corrected chi connectivity index (χ2v) is 7.43. The van der Waals surface area contributed by atoms with Crippen molar-refractivity contribution in [2.45, 2.75) is 33.1 Å². The standard InChI is InChI=1S/C21H23ClN2O2/c1-13(2)16-7-4-5-9-18(16)23-21(26)15-11-20(25)24(12-15)19-10-6-8-17(22)14(19)3/h4-10,13,15H,11-12H2,1-3H3,(H,23,26). The van der Waals surface area contributed by atoms with E-state index in [-0.39, 0.29) is 24.2 Å². The molecule has 1 atom stereocenters. The maximum Gasteiger partial charge on any atom is 0.229 e. The number of anilines is 2. The third-order valence-electron chi connectivity index (χ3n) is 4.87. The Kier molecular flexibility index (Phi) is 5.33. The summed E-state index contributed by atoms with van der Waals surface area (Å²) in [6.07, 6.45) is 0.210. The number of benzene rings is 2. The van der Waals surface area contributed by atoms with Crippen molar-refractivity contribution in [3.05, 3.63) is 58.6 Å². The van der Waals surface area contributed by atoms with Gasteiger partial charge in [0.15, 0.2) is 0 Å². The molecule has 1 saturated heterocycles. The molecule has 136 valence electrons. The van der Waals surface area contributed by atoms with Crippen LogP contribution in [0.15, 0.2) is 42.5 Å². The lowest BCUT2D eigenvalue weighted by atomic mass is 10.0. The van der Waals surface area contributed by atoms with Gasteiger partial charge in [0.05, 0.1) is 5.92 Å². The fourth-order valence-electron chi connectivity index (χ4n) is 3.35. The molecule has 0 radical (unpaired) electrons. The summed E-state index contributed by atoms with van der Waals surface area (Å²) in [5.74, 6) is -0.232. The molecular weight excluding hydrogens is 348 g/mol. The van der Waals surface area contributed by atoms with E-state index in [9.17, 15) is 9.59 Å². The number of halogens is 1. The Balaban J connectivity index is 1.77. The molecule has 0 saturated carbocycles. The summed E-state index contributed by atoms with van der Waals surface area (Å²) in [5, 5.41) is 3.63. The first kappa shape index (κ1) is 18.5. The van der Waals surface area contributed by atoms with E-state index >= 15 is 0 Å². The lowest BCUT2D eigenvalue weighted by molar-refractivity contribution is -0.122. The van der Waals surface area contributed by atoms with Crippen LogP contribution in [-0.2, 0) is 9.59 Å². The number of nitrogens with one attached hydrogen (secondary N) is 1. The molecule has 1 N–H and O–H groups in total. The molecule has 0 aromatic heterocycles. The lowest BCUT2D eigenvalue weighted by Gasteiger charge is -2.20. The molecule has 1 aliphatic heterocycles. The van der Waals surface area contributed by atoms with Gasteiger partial charge < -0.3 is 10.2 Å². The summed E-state index contributed by atoms with van der Waals surface area (Å²) in [5.41, 5.74) is 3.54. The van der Waals surface area contributed by atoms with Crippen LogP contribution in [0, 0.1) is 12.8 Å². The highest BCUT2D eigenvalue weighted by Crippen LogP contribution is 2.32. The van der Waals surface area contributed by atoms with Crippen molar-refractivity contribution in [1.29, 1.82) is 0 Å². The van der Waals surface area contributed by atoms with Gasteiger partial charge in [-0.2, -0.15) is 0 Å². The van der Waals surface area contributed by atoms with Crippen molar-refractivity contribution in [1.82, 2.24) is 0 Å². The Morgan fingerprint density at radius 1 is 1.19 bits per heavy atom. The molecular formula is C21H23ClN2O2. The number of carbonyl (C=O) groups excluding carboxylic acids is 2. The van der Waals surface area contributed by atoms with Gasteiger partial charge in [0.25, 0.3) is 0 Å². The van der Waals surface area contributed by atoms with Crippen LogP contribution in [0.3, 0.4) is 0 Å². The van der Waals surface area contributed by atoms with E-state index in [1.165, 1.54) is 0 Å². The quantitative estimate of drug-likeness (QED) is 0.843. The van der Waals surface area contributed by atoms with Gasteiger partial charge in [0, 0.05) is 29.4 Å². The summed E-state index contributed by atoms with van der Waals surface area (Å²) in [4.78, 5) is 26.9. The number of nitrogens with zero attached hydrogens (tertiary/aromatic N) is 1. The second-order valence-electron chi connectivity index (χ2n) is 7.02. The van der Waals surface area contributed by atoms with E-state index in [2.05, 4.69) is 19.2 Å². The third kappa shape index (κ3) is 3.61. The molecule has 0 spiro atoms. The van der Waals surface area contributed by atoms with Gasteiger partial charge >= 0.3 is 0 Å². The molecule has 1 heterocycles. The van der Waals surface area contributed by atoms with Crippen LogP contribution in [0.2, 0.25) is 5.02 Å². The van der Waals surface area contributed by atoms with Crippen LogP contribution in [0.5, 0.6) is 0 Å². The third-order valence-corrected chi connectivity index (χ3v) is 5.28. The molecule has 3 rings (SSSR count). The molecule has 5 heteroatoms. The van der Waals surface area contributed by atoms with Crippen molar-refractivity contribution in [2.24, 2.45) is 5.92 Å². The summed E-state index contributed by atoms with van der Waals surface area (Å²) in [6, 6.07) is 13.3. The van der Waals surface area contributed by atoms with Gasteiger partial charge in [-0.3, -0.25) is 9.59 Å². The minimum absolute atomic E-state index is 0.0485. The van der Waals surface area contributed by atoms with Gasteiger partial charge in [-0.25, -0.2) is 0 Å². The Morgan fingerprint density at radius 2 is 1.92 bits per heavy atom. The van der Waals surface area contributed by atoms with Crippen LogP contribution in [0.1, 0.15) is 37.3 Å². The SMILES string of the molecule is Cc1c(Cl)cccc1N1CC(C(=O)Nc2ccccc2C(C)C)CC1=O. The minimum Gasteiger partial charge on any atom is -0.326 e. The highest BCUT2D eigenvalue weighted by molar-refractivity contribution is 6.31. The molecule has 0 aliphatic carbocycles. The summed E-state index contributed by atoms with van der Waals surface area (Å²) in [6.45, 7) is 6.44. The first-order valence-corrected chi connectivity index (χ1v) is 9.21. The normalized spacial score (nSPS) is 17.0. The van der Waals surface area contributed by atoms with Crippen molar-refractivity contribution in [3.8, 4) is 0 Å². The summed E-state index contributed by atoms with van der Waals surface area (Å²) >= 11 is 6.18. The Bertz CT molecular complexity index is 848. The predicted octanol–water partition coefficient (Wildman–Crippen LogP) is 4.76. The topological polar surface area (TPSA) is 49.4 Å². The fraction of sp³-hybridized carbons (Fsp3) is 0.333. The number of hydrogen-bond donors (Lipinski definition) is 1. The van der Waals surface area contributed by atoms with Gasteiger partial charge in [-0.05, 0) is 42.2 Å². The highest BCUT2D eigenvalue weighted by Gasteiger charge is 2.36. The average Bonchev–Trinajstić information content (AvgIpc) is 2.99. The van der Waals surface area contributed by atoms with Crippen molar-refractivity contribution < 1.29 is 9.59 Å². The Morgan fingerprint density at radius 3 is 2.65 bits per heavy atom. The lowest BCUT2D eigenvalue weighted by Crippen LogP contribution is -2.28.